The molecule has 1 saturated heterocycles. The molecule has 1 fully saturated rings. The number of aliphatic hydroxyl groups excluding tert-OH is 1. The fourth-order valence-corrected chi connectivity index (χ4v) is 1.96. The fourth-order valence-electron chi connectivity index (χ4n) is 1.96. The van der Waals surface area contributed by atoms with Gasteiger partial charge in [-0.2, -0.15) is 0 Å². The molecule has 0 saturated carbocycles. The maximum absolute atomic E-state index is 14.4. The number of halogens is 1. The number of hydrogen-bond acceptors (Lipinski definition) is 7. The van der Waals surface area contributed by atoms with Crippen molar-refractivity contribution in [3.63, 3.8) is 0 Å². The van der Waals surface area contributed by atoms with Crippen molar-refractivity contribution in [3.05, 3.63) is 0 Å². The lowest BCUT2D eigenvalue weighted by Gasteiger charge is -2.40. The van der Waals surface area contributed by atoms with Gasteiger partial charge in [0.05, 0.1) is 0 Å². The van der Waals surface area contributed by atoms with Crippen molar-refractivity contribution in [1.82, 2.24) is 5.32 Å². The second-order valence-electron chi connectivity index (χ2n) is 4.61. The zero-order valence-corrected chi connectivity index (χ0v) is 11.9. The van der Waals surface area contributed by atoms with E-state index in [1.54, 1.807) is 0 Å². The average Bonchev–Trinajstić information content (AvgIpc) is 2.35. The summed E-state index contributed by atoms with van der Waals surface area (Å²) in [6.07, 6.45) is -6.16. The highest BCUT2D eigenvalue weighted by Gasteiger charge is 2.48. The summed E-state index contributed by atoms with van der Waals surface area (Å²) < 4.78 is 29.0. The Bertz CT molecular complexity index is 414. The van der Waals surface area contributed by atoms with E-state index >= 15 is 0 Å². The minimum atomic E-state index is -1.91. The Labute approximate surface area is 120 Å². The van der Waals surface area contributed by atoms with E-state index in [0.717, 1.165) is 20.8 Å². The maximum Gasteiger partial charge on any atom is 0.303 e. The minimum absolute atomic E-state index is 0.391. The predicted molar refractivity (Wildman–Crippen MR) is 65.6 cm³/mol. The van der Waals surface area contributed by atoms with E-state index in [0.29, 0.717) is 0 Å². The summed E-state index contributed by atoms with van der Waals surface area (Å²) >= 11 is 0. The van der Waals surface area contributed by atoms with Gasteiger partial charge in [0.25, 0.3) is 0 Å². The Hall–Kier alpha value is -1.74. The monoisotopic (exact) mass is 307 g/mol. The van der Waals surface area contributed by atoms with Crippen LogP contribution in [0.3, 0.4) is 0 Å². The number of ether oxygens (including phenoxy) is 3. The summed E-state index contributed by atoms with van der Waals surface area (Å²) in [5.41, 5.74) is 0. The van der Waals surface area contributed by atoms with Crippen LogP contribution in [-0.4, -0.2) is 60.3 Å². The maximum atomic E-state index is 14.4. The summed E-state index contributed by atoms with van der Waals surface area (Å²) in [6, 6.07) is -1.39. The molecule has 21 heavy (non-hydrogen) atoms. The molecule has 5 atom stereocenters. The molecule has 8 nitrogen and oxygen atoms in total. The number of nitrogens with one attached hydrogen (secondary N) is 1. The highest BCUT2D eigenvalue weighted by molar-refractivity contribution is 5.73. The minimum Gasteiger partial charge on any atom is -0.463 e. The van der Waals surface area contributed by atoms with Gasteiger partial charge < -0.3 is 24.6 Å². The molecule has 9 heteroatoms. The Balaban J connectivity index is 2.86. The SMILES string of the molecule is CC(=O)N[C@@H]1C(O)O[C@H](COC(C)=O)[C@@H](OC(C)=O)[C@@H]1F. The van der Waals surface area contributed by atoms with Gasteiger partial charge in [0.1, 0.15) is 18.8 Å². The van der Waals surface area contributed by atoms with E-state index in [-0.39, 0.29) is 0 Å². The molecule has 0 aliphatic carbocycles. The number of carbonyl (C=O) groups is 3. The molecular weight excluding hydrogens is 289 g/mol. The standard InChI is InChI=1S/C12H18FNO7/c1-5(15)14-10-9(13)11(20-7(3)17)8(21-12(10)18)4-19-6(2)16/h8-12,18H,4H2,1-3H3,(H,14,15)/t8-,9-,10+,11-,12?/m1/s1. The number of rotatable bonds is 4. The Kier molecular flexibility index (Phi) is 6.03. The van der Waals surface area contributed by atoms with Gasteiger partial charge in [-0.15, -0.1) is 0 Å². The molecule has 1 aliphatic rings. The first-order valence-electron chi connectivity index (χ1n) is 6.27. The van der Waals surface area contributed by atoms with Crippen molar-refractivity contribution < 1.29 is 38.1 Å². The molecule has 1 amide bonds. The lowest BCUT2D eigenvalue weighted by molar-refractivity contribution is -0.250. The van der Waals surface area contributed by atoms with Gasteiger partial charge in [0.2, 0.25) is 5.91 Å². The molecular formula is C12H18FNO7. The zero-order chi connectivity index (χ0) is 16.2. The van der Waals surface area contributed by atoms with Crippen LogP contribution < -0.4 is 5.32 Å². The first kappa shape index (κ1) is 17.3. The zero-order valence-electron chi connectivity index (χ0n) is 11.9. The van der Waals surface area contributed by atoms with Crippen molar-refractivity contribution in [2.24, 2.45) is 0 Å². The lowest BCUT2D eigenvalue weighted by atomic mass is 9.98. The molecule has 1 aliphatic heterocycles. The summed E-state index contributed by atoms with van der Waals surface area (Å²) in [6.45, 7) is 2.98. The van der Waals surface area contributed by atoms with E-state index in [1.807, 2.05) is 0 Å². The number of carbonyl (C=O) groups excluding carboxylic acids is 3. The van der Waals surface area contributed by atoms with E-state index in [1.165, 1.54) is 0 Å². The summed E-state index contributed by atoms with van der Waals surface area (Å²) in [7, 11) is 0. The van der Waals surface area contributed by atoms with Crippen molar-refractivity contribution >= 4 is 17.8 Å². The Morgan fingerprint density at radius 2 is 1.86 bits per heavy atom. The van der Waals surface area contributed by atoms with Gasteiger partial charge in [-0.05, 0) is 0 Å². The molecule has 0 aromatic carbocycles. The van der Waals surface area contributed by atoms with Gasteiger partial charge in [-0.1, -0.05) is 0 Å². The van der Waals surface area contributed by atoms with Crippen LogP contribution in [0.15, 0.2) is 0 Å². The number of alkyl halides is 1. The number of aliphatic hydroxyl groups is 1. The molecule has 0 spiro atoms. The van der Waals surface area contributed by atoms with Crippen LogP contribution in [-0.2, 0) is 28.6 Å². The van der Waals surface area contributed by atoms with Gasteiger partial charge >= 0.3 is 11.9 Å². The molecule has 0 bridgehead atoms. The molecule has 2 N–H and O–H groups in total. The fraction of sp³-hybridized carbons (Fsp3) is 0.750. The quantitative estimate of drug-likeness (QED) is 0.643. The summed E-state index contributed by atoms with van der Waals surface area (Å²) in [5.74, 6) is -1.98. The molecule has 1 unspecified atom stereocenters. The second-order valence-corrected chi connectivity index (χ2v) is 4.61. The average molecular weight is 307 g/mol. The third kappa shape index (κ3) is 4.94. The normalized spacial score (nSPS) is 32.1. The Morgan fingerprint density at radius 3 is 2.33 bits per heavy atom. The third-order valence-corrected chi connectivity index (χ3v) is 2.77. The van der Waals surface area contributed by atoms with Crippen LogP contribution in [0.25, 0.3) is 0 Å². The van der Waals surface area contributed by atoms with Gasteiger partial charge in [0.15, 0.2) is 18.6 Å². The number of hydrogen-bond donors (Lipinski definition) is 2. The van der Waals surface area contributed by atoms with Gasteiger partial charge in [-0.3, -0.25) is 14.4 Å². The van der Waals surface area contributed by atoms with Crippen molar-refractivity contribution in [3.8, 4) is 0 Å². The van der Waals surface area contributed by atoms with Crippen LogP contribution in [0.2, 0.25) is 0 Å². The first-order chi connectivity index (χ1) is 9.72. The molecule has 0 aromatic rings. The Morgan fingerprint density at radius 1 is 1.24 bits per heavy atom. The predicted octanol–water partition coefficient (Wildman–Crippen LogP) is -0.959. The van der Waals surface area contributed by atoms with Crippen LogP contribution >= 0.6 is 0 Å². The van der Waals surface area contributed by atoms with E-state index in [9.17, 15) is 23.9 Å². The smallest absolute Gasteiger partial charge is 0.303 e. The first-order valence-corrected chi connectivity index (χ1v) is 6.27. The van der Waals surface area contributed by atoms with E-state index < -0.39 is 55.2 Å². The van der Waals surface area contributed by atoms with Crippen LogP contribution in [0.1, 0.15) is 20.8 Å². The summed E-state index contributed by atoms with van der Waals surface area (Å²) in [4.78, 5) is 32.8. The number of amides is 1. The van der Waals surface area contributed by atoms with Crippen LogP contribution in [0.4, 0.5) is 4.39 Å². The highest BCUT2D eigenvalue weighted by Crippen LogP contribution is 2.25. The summed E-state index contributed by atoms with van der Waals surface area (Å²) in [5, 5.41) is 11.9. The molecule has 1 rings (SSSR count). The van der Waals surface area contributed by atoms with Crippen LogP contribution in [0.5, 0.6) is 0 Å². The second kappa shape index (κ2) is 7.32. The highest BCUT2D eigenvalue weighted by atomic mass is 19.1. The lowest BCUT2D eigenvalue weighted by Crippen LogP contribution is -2.63. The number of esters is 2. The van der Waals surface area contributed by atoms with E-state index in [4.69, 9.17) is 9.47 Å². The topological polar surface area (TPSA) is 111 Å². The van der Waals surface area contributed by atoms with Crippen molar-refractivity contribution in [1.29, 1.82) is 0 Å². The molecule has 0 radical (unpaired) electrons. The molecule has 1 heterocycles. The third-order valence-electron chi connectivity index (χ3n) is 2.77. The van der Waals surface area contributed by atoms with Crippen molar-refractivity contribution in [2.45, 2.75) is 51.5 Å². The van der Waals surface area contributed by atoms with Gasteiger partial charge in [-0.25, -0.2) is 4.39 Å². The van der Waals surface area contributed by atoms with Gasteiger partial charge in [0, 0.05) is 20.8 Å². The largest absolute Gasteiger partial charge is 0.463 e. The molecule has 120 valence electrons. The molecule has 0 aromatic heterocycles. The van der Waals surface area contributed by atoms with E-state index in [2.05, 4.69) is 10.1 Å². The van der Waals surface area contributed by atoms with Crippen LogP contribution in [0, 0.1) is 0 Å². The van der Waals surface area contributed by atoms with Crippen molar-refractivity contribution in [2.75, 3.05) is 6.61 Å².